The fraction of sp³-hybridized carbons (Fsp3) is 0.286. The molecule has 2 aromatic rings. The van der Waals surface area contributed by atoms with Gasteiger partial charge in [-0.1, -0.05) is 23.2 Å². The number of halogens is 2. The van der Waals surface area contributed by atoms with Crippen LogP contribution in [0, 0.1) is 13.8 Å². The van der Waals surface area contributed by atoms with Gasteiger partial charge in [0.2, 0.25) is 5.91 Å². The van der Waals surface area contributed by atoms with E-state index in [2.05, 4.69) is 10.4 Å². The third-order valence-electron chi connectivity index (χ3n) is 3.10. The summed E-state index contributed by atoms with van der Waals surface area (Å²) < 4.78 is 1.66. The number of carbonyl (C=O) groups excluding carboxylic acids is 1. The van der Waals surface area contributed by atoms with Crippen LogP contribution in [0.25, 0.3) is 0 Å². The molecule has 0 aliphatic carbocycles. The van der Waals surface area contributed by atoms with E-state index in [1.165, 1.54) is 12.1 Å². The number of nitrogens with two attached hydrogens (primary N) is 1. The maximum absolute atomic E-state index is 12.3. The summed E-state index contributed by atoms with van der Waals surface area (Å²) in [5.74, 6) is -0.255. The predicted octanol–water partition coefficient (Wildman–Crippen LogP) is 3.59. The highest BCUT2D eigenvalue weighted by molar-refractivity contribution is 6.40. The van der Waals surface area contributed by atoms with Gasteiger partial charge in [-0.2, -0.15) is 5.10 Å². The minimum absolute atomic E-state index is 0.255. The van der Waals surface area contributed by atoms with Crippen molar-refractivity contribution >= 4 is 40.5 Å². The van der Waals surface area contributed by atoms with Gasteiger partial charge in [-0.15, -0.1) is 0 Å². The van der Waals surface area contributed by atoms with Gasteiger partial charge in [0.25, 0.3) is 0 Å². The average Bonchev–Trinajstić information content (AvgIpc) is 2.71. The quantitative estimate of drug-likeness (QED) is 0.846. The summed E-state index contributed by atoms with van der Waals surface area (Å²) in [7, 11) is 0. The molecule has 7 heteroatoms. The summed E-state index contributed by atoms with van der Waals surface area (Å²) in [6, 6.07) is 4.50. The molecule has 1 unspecified atom stereocenters. The highest BCUT2D eigenvalue weighted by atomic mass is 35.5. The van der Waals surface area contributed by atoms with E-state index < -0.39 is 6.04 Å². The van der Waals surface area contributed by atoms with Crippen molar-refractivity contribution < 1.29 is 4.79 Å². The van der Waals surface area contributed by atoms with E-state index in [4.69, 9.17) is 28.9 Å². The maximum atomic E-state index is 12.3. The molecule has 3 N–H and O–H groups in total. The number of hydrogen-bond donors (Lipinski definition) is 2. The maximum Gasteiger partial charge on any atom is 0.249 e. The zero-order valence-electron chi connectivity index (χ0n) is 11.9. The van der Waals surface area contributed by atoms with E-state index in [9.17, 15) is 4.79 Å². The van der Waals surface area contributed by atoms with Crippen LogP contribution in [-0.4, -0.2) is 15.7 Å². The molecule has 0 aliphatic heterocycles. The molecule has 0 saturated heterocycles. The zero-order chi connectivity index (χ0) is 15.7. The molecule has 0 bridgehead atoms. The fourth-order valence-electron chi connectivity index (χ4n) is 2.09. The lowest BCUT2D eigenvalue weighted by Crippen LogP contribution is -2.25. The van der Waals surface area contributed by atoms with Crippen LogP contribution in [-0.2, 0) is 4.79 Å². The average molecular weight is 327 g/mol. The first-order valence-corrected chi connectivity index (χ1v) is 7.13. The summed E-state index contributed by atoms with van der Waals surface area (Å²) in [5, 5.41) is 7.62. The Balaban J connectivity index is 2.24. The Morgan fingerprint density at radius 1 is 1.29 bits per heavy atom. The zero-order valence-corrected chi connectivity index (χ0v) is 13.5. The number of hydrogen-bond acceptors (Lipinski definition) is 3. The number of carbonyl (C=O) groups is 1. The van der Waals surface area contributed by atoms with Crippen molar-refractivity contribution in [3.63, 3.8) is 0 Å². The van der Waals surface area contributed by atoms with Crippen molar-refractivity contribution in [3.8, 4) is 0 Å². The van der Waals surface area contributed by atoms with Gasteiger partial charge in [-0.3, -0.25) is 9.48 Å². The molecule has 2 rings (SSSR count). The number of nitrogen functional groups attached to an aromatic ring is 1. The van der Waals surface area contributed by atoms with Gasteiger partial charge in [-0.05, 0) is 39.0 Å². The minimum Gasteiger partial charge on any atom is -0.399 e. The molecular formula is C14H16Cl2N4O. The van der Waals surface area contributed by atoms with Crippen molar-refractivity contribution in [1.82, 2.24) is 9.78 Å². The monoisotopic (exact) mass is 326 g/mol. The van der Waals surface area contributed by atoms with Crippen molar-refractivity contribution in [2.45, 2.75) is 26.8 Å². The largest absolute Gasteiger partial charge is 0.399 e. The lowest BCUT2D eigenvalue weighted by atomic mass is 10.2. The third-order valence-corrected chi connectivity index (χ3v) is 3.70. The number of nitrogens with zero attached hydrogens (tertiary/aromatic N) is 2. The van der Waals surface area contributed by atoms with Crippen LogP contribution in [0.4, 0.5) is 11.4 Å². The molecular weight excluding hydrogens is 311 g/mol. The van der Waals surface area contributed by atoms with E-state index in [-0.39, 0.29) is 5.91 Å². The van der Waals surface area contributed by atoms with Crippen LogP contribution < -0.4 is 11.1 Å². The van der Waals surface area contributed by atoms with Gasteiger partial charge >= 0.3 is 0 Å². The summed E-state index contributed by atoms with van der Waals surface area (Å²) in [6.07, 6.45) is 0. The first-order chi connectivity index (χ1) is 9.79. The number of rotatable bonds is 3. The molecule has 1 heterocycles. The first-order valence-electron chi connectivity index (χ1n) is 6.37. The van der Waals surface area contributed by atoms with Crippen molar-refractivity contribution in [1.29, 1.82) is 0 Å². The Kier molecular flexibility index (Phi) is 4.44. The fourth-order valence-corrected chi connectivity index (χ4v) is 2.69. The van der Waals surface area contributed by atoms with Crippen molar-refractivity contribution in [2.24, 2.45) is 0 Å². The smallest absolute Gasteiger partial charge is 0.249 e. The molecule has 1 atom stereocenters. The molecule has 0 radical (unpaired) electrons. The van der Waals surface area contributed by atoms with E-state index in [0.29, 0.717) is 21.4 Å². The predicted molar refractivity (Wildman–Crippen MR) is 85.9 cm³/mol. The first kappa shape index (κ1) is 15.7. The Morgan fingerprint density at radius 2 is 1.86 bits per heavy atom. The molecule has 0 saturated carbocycles. The molecule has 5 nitrogen and oxygen atoms in total. The SMILES string of the molecule is Cc1cc(C)n(C(C)C(=O)Nc2c(Cl)cc(N)cc2Cl)n1. The van der Waals surface area contributed by atoms with Gasteiger partial charge in [0.1, 0.15) is 6.04 Å². The van der Waals surface area contributed by atoms with E-state index in [1.807, 2.05) is 19.9 Å². The molecule has 112 valence electrons. The molecule has 1 amide bonds. The van der Waals surface area contributed by atoms with Gasteiger partial charge in [-0.25, -0.2) is 0 Å². The topological polar surface area (TPSA) is 72.9 Å². The Labute approximate surface area is 133 Å². The minimum atomic E-state index is -0.483. The van der Waals surface area contributed by atoms with Gasteiger partial charge in [0.05, 0.1) is 21.4 Å². The van der Waals surface area contributed by atoms with Crippen LogP contribution in [0.2, 0.25) is 10.0 Å². The van der Waals surface area contributed by atoms with E-state index >= 15 is 0 Å². The number of aromatic nitrogens is 2. The van der Waals surface area contributed by atoms with Crippen LogP contribution in [0.1, 0.15) is 24.4 Å². The molecule has 0 spiro atoms. The van der Waals surface area contributed by atoms with Crippen LogP contribution in [0.5, 0.6) is 0 Å². The van der Waals surface area contributed by atoms with E-state index in [1.54, 1.807) is 11.6 Å². The number of anilines is 2. The number of amides is 1. The lowest BCUT2D eigenvalue weighted by Gasteiger charge is -2.16. The standard InChI is InChI=1S/C14H16Cl2N4O/c1-7-4-8(2)20(19-7)9(3)14(21)18-13-11(15)5-10(17)6-12(13)16/h4-6,9H,17H2,1-3H3,(H,18,21). The highest BCUT2D eigenvalue weighted by Crippen LogP contribution is 2.33. The normalized spacial score (nSPS) is 12.2. The number of nitrogens with one attached hydrogen (secondary N) is 1. The summed E-state index contributed by atoms with van der Waals surface area (Å²) in [4.78, 5) is 12.3. The van der Waals surface area contributed by atoms with Crippen LogP contribution >= 0.6 is 23.2 Å². The molecule has 0 fully saturated rings. The summed E-state index contributed by atoms with van der Waals surface area (Å²) >= 11 is 12.1. The molecule has 21 heavy (non-hydrogen) atoms. The highest BCUT2D eigenvalue weighted by Gasteiger charge is 2.20. The molecule has 1 aromatic heterocycles. The van der Waals surface area contributed by atoms with Crippen LogP contribution in [0.15, 0.2) is 18.2 Å². The van der Waals surface area contributed by atoms with Gasteiger partial charge in [0.15, 0.2) is 0 Å². The summed E-state index contributed by atoms with van der Waals surface area (Å²) in [5.41, 5.74) is 8.19. The second-order valence-electron chi connectivity index (χ2n) is 4.90. The van der Waals surface area contributed by atoms with E-state index in [0.717, 1.165) is 11.4 Å². The second-order valence-corrected chi connectivity index (χ2v) is 5.71. The van der Waals surface area contributed by atoms with Crippen molar-refractivity contribution in [3.05, 3.63) is 39.6 Å². The van der Waals surface area contributed by atoms with Gasteiger partial charge < -0.3 is 11.1 Å². The lowest BCUT2D eigenvalue weighted by molar-refractivity contribution is -0.119. The van der Waals surface area contributed by atoms with Gasteiger partial charge in [0, 0.05) is 11.4 Å². The summed E-state index contributed by atoms with van der Waals surface area (Å²) in [6.45, 7) is 5.53. The van der Waals surface area contributed by atoms with Crippen LogP contribution in [0.3, 0.4) is 0 Å². The number of benzene rings is 1. The molecule has 0 aliphatic rings. The Morgan fingerprint density at radius 3 is 2.33 bits per heavy atom. The van der Waals surface area contributed by atoms with Crippen molar-refractivity contribution in [2.75, 3.05) is 11.1 Å². The Bertz CT molecular complexity index is 673. The third kappa shape index (κ3) is 3.31. The Hall–Kier alpha value is -1.72. The second kappa shape index (κ2) is 5.95. The molecule has 1 aromatic carbocycles. The number of aryl methyl sites for hydroxylation is 2.